The summed E-state index contributed by atoms with van der Waals surface area (Å²) in [5, 5.41) is 0. The highest BCUT2D eigenvalue weighted by Gasteiger charge is 1.95. The van der Waals surface area contributed by atoms with Crippen LogP contribution in [0.2, 0.25) is 0 Å². The highest BCUT2D eigenvalue weighted by molar-refractivity contribution is 5.99. The predicted octanol–water partition coefficient (Wildman–Crippen LogP) is 3.50. The van der Waals surface area contributed by atoms with Crippen molar-refractivity contribution in [2.75, 3.05) is 0 Å². The van der Waals surface area contributed by atoms with E-state index in [9.17, 15) is 9.59 Å². The number of carbonyl (C=O) groups is 2. The molecule has 0 rings (SSSR count). The van der Waals surface area contributed by atoms with Crippen molar-refractivity contribution >= 4 is 11.6 Å². The average molecular weight is 242 g/mol. The first-order valence-electron chi connectivity index (χ1n) is 5.57. The normalized spacial score (nSPS) is 13.0. The topological polar surface area (TPSA) is 34.1 Å². The molecule has 0 aliphatic rings. The smallest absolute Gasteiger partial charge is 0.178 e. The quantitative estimate of drug-likeness (QED) is 0.506. The number of carbonyl (C=O) groups excluding carboxylic acids is 2. The zero-order valence-corrected chi connectivity index (χ0v) is 10.8. The summed E-state index contributed by atoms with van der Waals surface area (Å²) in [5.41, 5.74) is 1.48. The van der Waals surface area contributed by atoms with Gasteiger partial charge >= 0.3 is 0 Å². The molecule has 0 aromatic heterocycles. The molecule has 0 fully saturated rings. The van der Waals surface area contributed by atoms with E-state index < -0.39 is 0 Å². The fourth-order valence-corrected chi connectivity index (χ4v) is 1.16. The van der Waals surface area contributed by atoms with E-state index in [-0.39, 0.29) is 11.6 Å². The zero-order chi connectivity index (χ0) is 14.0. The van der Waals surface area contributed by atoms with E-state index in [2.05, 4.69) is 13.2 Å². The van der Waals surface area contributed by atoms with E-state index >= 15 is 0 Å². The Morgan fingerprint density at radius 2 is 1.33 bits per heavy atom. The van der Waals surface area contributed by atoms with Crippen LogP contribution in [0.3, 0.4) is 0 Å². The number of rotatable bonds is 7. The van der Waals surface area contributed by atoms with Crippen LogP contribution in [0.4, 0.5) is 0 Å². The summed E-state index contributed by atoms with van der Waals surface area (Å²) in [5.74, 6) is -0.150. The third-order valence-corrected chi connectivity index (χ3v) is 2.03. The molecule has 0 aromatic carbocycles. The molecule has 0 saturated heterocycles. The molecule has 0 aliphatic carbocycles. The van der Waals surface area contributed by atoms with Crippen LogP contribution < -0.4 is 0 Å². The van der Waals surface area contributed by atoms with Gasteiger partial charge in [-0.3, -0.25) is 9.59 Å². The largest absolute Gasteiger partial charge is 0.295 e. The molecule has 0 atom stereocenters. The first-order valence-corrected chi connectivity index (χ1v) is 5.57. The Hall–Kier alpha value is -2.22. The minimum absolute atomic E-state index is 0.0493. The van der Waals surface area contributed by atoms with Gasteiger partial charge in [0.15, 0.2) is 11.6 Å². The Morgan fingerprint density at radius 3 is 1.72 bits per heavy atom. The van der Waals surface area contributed by atoms with E-state index in [1.807, 2.05) is 0 Å². The molecule has 0 heterocycles. The lowest BCUT2D eigenvalue weighted by Crippen LogP contribution is -1.87. The SMILES string of the molecule is C=CC(/C=C\C(C)=O)=C(C=C)/C=C\C(=O)/C=C\C. The Kier molecular flexibility index (Phi) is 7.78. The molecule has 2 heteroatoms. The van der Waals surface area contributed by atoms with Crippen LogP contribution in [-0.4, -0.2) is 11.6 Å². The van der Waals surface area contributed by atoms with Gasteiger partial charge in [0, 0.05) is 0 Å². The molecule has 0 bridgehead atoms. The fraction of sp³-hybridized carbons (Fsp3) is 0.125. The lowest BCUT2D eigenvalue weighted by atomic mass is 10.1. The Labute approximate surface area is 108 Å². The second-order valence-corrected chi connectivity index (χ2v) is 3.50. The summed E-state index contributed by atoms with van der Waals surface area (Å²) < 4.78 is 0. The van der Waals surface area contributed by atoms with E-state index in [0.29, 0.717) is 0 Å². The van der Waals surface area contributed by atoms with Crippen molar-refractivity contribution in [2.45, 2.75) is 13.8 Å². The second kappa shape index (κ2) is 8.88. The Balaban J connectivity index is 5.23. The molecule has 0 aliphatic heterocycles. The van der Waals surface area contributed by atoms with E-state index in [1.54, 1.807) is 37.3 Å². The highest BCUT2D eigenvalue weighted by atomic mass is 16.1. The van der Waals surface area contributed by atoms with Crippen molar-refractivity contribution in [3.8, 4) is 0 Å². The maximum Gasteiger partial charge on any atom is 0.178 e. The number of hydrogen-bond donors (Lipinski definition) is 0. The van der Waals surface area contributed by atoms with Crippen molar-refractivity contribution < 1.29 is 9.59 Å². The van der Waals surface area contributed by atoms with Crippen LogP contribution in [0.25, 0.3) is 0 Å². The van der Waals surface area contributed by atoms with Crippen LogP contribution in [0.5, 0.6) is 0 Å². The first-order chi connectivity index (χ1) is 8.54. The molecule has 18 heavy (non-hydrogen) atoms. The third kappa shape index (κ3) is 6.38. The van der Waals surface area contributed by atoms with Crippen LogP contribution in [0.15, 0.2) is 72.9 Å². The van der Waals surface area contributed by atoms with Crippen molar-refractivity contribution in [3.05, 3.63) is 72.9 Å². The standard InChI is InChI=1S/C16H18O2/c1-5-8-16(18)12-11-15(7-3)14(6-2)10-9-13(4)17/h5-12H,2-3H2,1,4H3/b8-5-,10-9-,12-11-,15-14-. The van der Waals surface area contributed by atoms with Crippen LogP contribution in [0.1, 0.15) is 13.8 Å². The molecular formula is C16H18O2. The van der Waals surface area contributed by atoms with E-state index in [0.717, 1.165) is 11.1 Å². The third-order valence-electron chi connectivity index (χ3n) is 2.03. The van der Waals surface area contributed by atoms with Gasteiger partial charge in [0.1, 0.15) is 0 Å². The molecule has 2 nitrogen and oxygen atoms in total. The number of hydrogen-bond acceptors (Lipinski definition) is 2. The van der Waals surface area contributed by atoms with Crippen molar-refractivity contribution in [2.24, 2.45) is 0 Å². The molecule has 0 aromatic rings. The summed E-state index contributed by atoms with van der Waals surface area (Å²) >= 11 is 0. The molecule has 94 valence electrons. The lowest BCUT2D eigenvalue weighted by Gasteiger charge is -1.99. The second-order valence-electron chi connectivity index (χ2n) is 3.50. The van der Waals surface area contributed by atoms with Crippen LogP contribution in [0, 0.1) is 0 Å². The number of allylic oxidation sites excluding steroid dienone is 10. The van der Waals surface area contributed by atoms with E-state index in [1.165, 1.54) is 25.2 Å². The molecule has 0 radical (unpaired) electrons. The molecule has 0 saturated carbocycles. The fourth-order valence-electron chi connectivity index (χ4n) is 1.16. The van der Waals surface area contributed by atoms with Gasteiger partial charge in [-0.05, 0) is 43.2 Å². The van der Waals surface area contributed by atoms with Gasteiger partial charge < -0.3 is 0 Å². The maximum atomic E-state index is 11.3. The predicted molar refractivity (Wildman–Crippen MR) is 76.2 cm³/mol. The zero-order valence-electron chi connectivity index (χ0n) is 10.8. The first kappa shape index (κ1) is 15.8. The minimum Gasteiger partial charge on any atom is -0.295 e. The van der Waals surface area contributed by atoms with Gasteiger partial charge in [0.05, 0.1) is 0 Å². The van der Waals surface area contributed by atoms with E-state index in [4.69, 9.17) is 0 Å². The summed E-state index contributed by atoms with van der Waals surface area (Å²) in [4.78, 5) is 22.2. The molecule has 0 unspecified atom stereocenters. The summed E-state index contributed by atoms with van der Waals surface area (Å²) in [6.07, 6.45) is 12.6. The monoisotopic (exact) mass is 242 g/mol. The van der Waals surface area contributed by atoms with Gasteiger partial charge in [0.25, 0.3) is 0 Å². The Bertz CT molecular complexity index is 457. The minimum atomic E-state index is -0.101. The van der Waals surface area contributed by atoms with Gasteiger partial charge in [-0.2, -0.15) is 0 Å². The van der Waals surface area contributed by atoms with Gasteiger partial charge in [-0.1, -0.05) is 43.5 Å². The van der Waals surface area contributed by atoms with Crippen LogP contribution in [-0.2, 0) is 9.59 Å². The lowest BCUT2D eigenvalue weighted by molar-refractivity contribution is -0.112. The van der Waals surface area contributed by atoms with Crippen molar-refractivity contribution in [3.63, 3.8) is 0 Å². The molecular weight excluding hydrogens is 224 g/mol. The molecule has 0 N–H and O–H groups in total. The number of ketones is 2. The van der Waals surface area contributed by atoms with Crippen LogP contribution >= 0.6 is 0 Å². The summed E-state index contributed by atoms with van der Waals surface area (Å²) in [6, 6.07) is 0. The maximum absolute atomic E-state index is 11.3. The van der Waals surface area contributed by atoms with Gasteiger partial charge in [-0.15, -0.1) is 0 Å². The summed E-state index contributed by atoms with van der Waals surface area (Å²) in [6.45, 7) is 10.6. The average Bonchev–Trinajstić information content (AvgIpc) is 2.33. The highest BCUT2D eigenvalue weighted by Crippen LogP contribution is 2.10. The summed E-state index contributed by atoms with van der Waals surface area (Å²) in [7, 11) is 0. The van der Waals surface area contributed by atoms with Crippen molar-refractivity contribution in [1.82, 2.24) is 0 Å². The molecule has 0 spiro atoms. The van der Waals surface area contributed by atoms with Gasteiger partial charge in [0.2, 0.25) is 0 Å². The van der Waals surface area contributed by atoms with Gasteiger partial charge in [-0.25, -0.2) is 0 Å². The molecule has 0 amide bonds. The van der Waals surface area contributed by atoms with Crippen molar-refractivity contribution in [1.29, 1.82) is 0 Å². The Morgan fingerprint density at radius 1 is 0.833 bits per heavy atom.